The first kappa shape index (κ1) is 18.7. The molecule has 5 nitrogen and oxygen atoms in total. The van der Waals surface area contributed by atoms with Crippen molar-refractivity contribution in [1.29, 1.82) is 0 Å². The molecule has 0 radical (unpaired) electrons. The summed E-state index contributed by atoms with van der Waals surface area (Å²) >= 11 is 0. The summed E-state index contributed by atoms with van der Waals surface area (Å²) in [6.45, 7) is 4.07. The molecule has 0 saturated carbocycles. The topological polar surface area (TPSA) is 61.8 Å². The highest BCUT2D eigenvalue weighted by Crippen LogP contribution is 2.30. The third kappa shape index (κ3) is 4.67. The molecular formula is C20H22O5. The molecule has 2 aromatic carbocycles. The molecule has 5 heteroatoms. The van der Waals surface area contributed by atoms with Crippen LogP contribution < -0.4 is 4.74 Å². The van der Waals surface area contributed by atoms with Crippen LogP contribution >= 0.6 is 0 Å². The quantitative estimate of drug-likeness (QED) is 0.242. The zero-order chi connectivity index (χ0) is 18.2. The van der Waals surface area contributed by atoms with Crippen molar-refractivity contribution in [3.8, 4) is 5.75 Å². The van der Waals surface area contributed by atoms with E-state index in [0.29, 0.717) is 17.9 Å². The minimum absolute atomic E-state index is 0.0200. The summed E-state index contributed by atoms with van der Waals surface area (Å²) in [5, 5.41) is 1.89. The van der Waals surface area contributed by atoms with E-state index in [9.17, 15) is 9.59 Å². The predicted molar refractivity (Wildman–Crippen MR) is 96.6 cm³/mol. The van der Waals surface area contributed by atoms with E-state index in [4.69, 9.17) is 14.2 Å². The van der Waals surface area contributed by atoms with Crippen molar-refractivity contribution >= 4 is 28.6 Å². The molecule has 0 saturated heterocycles. The van der Waals surface area contributed by atoms with E-state index in [-0.39, 0.29) is 24.6 Å². The number of esters is 1. The SMILES string of the molecule is CCOc1ccc2ccccc2c1/C=C(\C(C)=O)C(=O)OCCOC. The van der Waals surface area contributed by atoms with Gasteiger partial charge in [-0.25, -0.2) is 4.79 Å². The Kier molecular flexibility index (Phi) is 6.71. The van der Waals surface area contributed by atoms with Crippen LogP contribution in [-0.2, 0) is 19.1 Å². The fourth-order valence-corrected chi connectivity index (χ4v) is 2.45. The van der Waals surface area contributed by atoms with Crippen molar-refractivity contribution in [2.75, 3.05) is 26.9 Å². The van der Waals surface area contributed by atoms with Crippen molar-refractivity contribution in [2.45, 2.75) is 13.8 Å². The van der Waals surface area contributed by atoms with Gasteiger partial charge in [0.2, 0.25) is 0 Å². The second kappa shape index (κ2) is 8.99. The standard InChI is InChI=1S/C20H22O5/c1-4-24-19-10-9-15-7-5-6-8-16(15)18(19)13-17(14(2)21)20(22)25-12-11-23-3/h5-10,13H,4,11-12H2,1-3H3/b17-13+. The van der Waals surface area contributed by atoms with Crippen LogP contribution in [0.1, 0.15) is 19.4 Å². The van der Waals surface area contributed by atoms with Gasteiger partial charge in [-0.15, -0.1) is 0 Å². The molecule has 2 aromatic rings. The molecule has 0 unspecified atom stereocenters. The maximum atomic E-state index is 12.3. The third-order valence-corrected chi connectivity index (χ3v) is 3.64. The first-order valence-electron chi connectivity index (χ1n) is 8.11. The molecule has 0 aromatic heterocycles. The average molecular weight is 342 g/mol. The Hall–Kier alpha value is -2.66. The molecule has 0 atom stereocenters. The maximum Gasteiger partial charge on any atom is 0.341 e. The van der Waals surface area contributed by atoms with Gasteiger partial charge in [-0.3, -0.25) is 4.79 Å². The molecule has 25 heavy (non-hydrogen) atoms. The highest BCUT2D eigenvalue weighted by Gasteiger charge is 2.18. The number of fused-ring (bicyclic) bond motifs is 1. The Bertz CT molecular complexity index is 792. The lowest BCUT2D eigenvalue weighted by Crippen LogP contribution is -2.16. The van der Waals surface area contributed by atoms with Crippen LogP contribution in [0.3, 0.4) is 0 Å². The van der Waals surface area contributed by atoms with Crippen LogP contribution in [0.25, 0.3) is 16.8 Å². The average Bonchev–Trinajstić information content (AvgIpc) is 2.60. The number of ketones is 1. The molecule has 0 aliphatic rings. The summed E-state index contributed by atoms with van der Waals surface area (Å²) < 4.78 is 15.6. The van der Waals surface area contributed by atoms with Gasteiger partial charge >= 0.3 is 5.97 Å². The maximum absolute atomic E-state index is 12.3. The first-order valence-corrected chi connectivity index (χ1v) is 8.11. The Morgan fingerprint density at radius 2 is 1.84 bits per heavy atom. The summed E-state index contributed by atoms with van der Waals surface area (Å²) in [7, 11) is 1.51. The van der Waals surface area contributed by atoms with E-state index < -0.39 is 5.97 Å². The second-order valence-electron chi connectivity index (χ2n) is 5.37. The van der Waals surface area contributed by atoms with Crippen molar-refractivity contribution in [2.24, 2.45) is 0 Å². The number of hydrogen-bond donors (Lipinski definition) is 0. The third-order valence-electron chi connectivity index (χ3n) is 3.64. The molecule has 132 valence electrons. The Balaban J connectivity index is 2.52. The summed E-state index contributed by atoms with van der Waals surface area (Å²) in [5.41, 5.74) is 0.669. The van der Waals surface area contributed by atoms with Crippen molar-refractivity contribution < 1.29 is 23.8 Å². The van der Waals surface area contributed by atoms with Gasteiger partial charge in [0, 0.05) is 12.7 Å². The van der Waals surface area contributed by atoms with E-state index in [1.54, 1.807) is 6.08 Å². The molecule has 0 aliphatic carbocycles. The fourth-order valence-electron chi connectivity index (χ4n) is 2.45. The van der Waals surface area contributed by atoms with Crippen molar-refractivity contribution in [3.63, 3.8) is 0 Å². The van der Waals surface area contributed by atoms with Gasteiger partial charge in [-0.1, -0.05) is 30.3 Å². The molecular weight excluding hydrogens is 320 g/mol. The zero-order valence-electron chi connectivity index (χ0n) is 14.7. The summed E-state index contributed by atoms with van der Waals surface area (Å²) in [4.78, 5) is 24.2. The number of Topliss-reactive ketones (excluding diaryl/α,β-unsaturated/α-hetero) is 1. The van der Waals surface area contributed by atoms with Gasteiger partial charge < -0.3 is 14.2 Å². The molecule has 2 rings (SSSR count). The van der Waals surface area contributed by atoms with Gasteiger partial charge in [0.15, 0.2) is 5.78 Å². The summed E-state index contributed by atoms with van der Waals surface area (Å²) in [6.07, 6.45) is 1.55. The molecule has 0 bridgehead atoms. The normalized spacial score (nSPS) is 11.4. The number of ether oxygens (including phenoxy) is 3. The highest BCUT2D eigenvalue weighted by atomic mass is 16.6. The van der Waals surface area contributed by atoms with E-state index >= 15 is 0 Å². The lowest BCUT2D eigenvalue weighted by Gasteiger charge is -2.12. The molecule has 0 aliphatic heterocycles. The first-order chi connectivity index (χ1) is 12.1. The van der Waals surface area contributed by atoms with Crippen molar-refractivity contribution in [3.05, 3.63) is 47.5 Å². The lowest BCUT2D eigenvalue weighted by atomic mass is 10.00. The van der Waals surface area contributed by atoms with Crippen LogP contribution in [0, 0.1) is 0 Å². The minimum Gasteiger partial charge on any atom is -0.493 e. The van der Waals surface area contributed by atoms with Crippen LogP contribution in [0.2, 0.25) is 0 Å². The Labute approximate surface area is 147 Å². The van der Waals surface area contributed by atoms with E-state index in [1.165, 1.54) is 14.0 Å². The molecule has 0 spiro atoms. The smallest absolute Gasteiger partial charge is 0.341 e. The predicted octanol–water partition coefficient (Wildman–Crippen LogP) is 3.40. The van der Waals surface area contributed by atoms with Gasteiger partial charge in [0.05, 0.1) is 13.2 Å². The van der Waals surface area contributed by atoms with E-state index in [2.05, 4.69) is 0 Å². The molecule has 0 heterocycles. The lowest BCUT2D eigenvalue weighted by molar-refractivity contribution is -0.141. The number of hydrogen-bond acceptors (Lipinski definition) is 5. The minimum atomic E-state index is -0.667. The summed E-state index contributed by atoms with van der Waals surface area (Å²) in [6, 6.07) is 11.5. The van der Waals surface area contributed by atoms with Crippen LogP contribution in [0.15, 0.2) is 42.0 Å². The number of benzene rings is 2. The molecule has 0 amide bonds. The number of carbonyl (C=O) groups is 2. The van der Waals surface area contributed by atoms with Gasteiger partial charge in [-0.2, -0.15) is 0 Å². The molecule has 0 fully saturated rings. The second-order valence-corrected chi connectivity index (χ2v) is 5.37. The van der Waals surface area contributed by atoms with E-state index in [1.807, 2.05) is 43.3 Å². The van der Waals surface area contributed by atoms with Gasteiger partial charge in [0.1, 0.15) is 17.9 Å². The number of methoxy groups -OCH3 is 1. The zero-order valence-corrected chi connectivity index (χ0v) is 14.7. The van der Waals surface area contributed by atoms with Gasteiger partial charge in [0.25, 0.3) is 0 Å². The van der Waals surface area contributed by atoms with Crippen LogP contribution in [0.4, 0.5) is 0 Å². The van der Waals surface area contributed by atoms with E-state index in [0.717, 1.165) is 10.8 Å². The van der Waals surface area contributed by atoms with Crippen LogP contribution in [0.5, 0.6) is 5.75 Å². The Morgan fingerprint density at radius 3 is 2.52 bits per heavy atom. The number of carbonyl (C=O) groups excluding carboxylic acids is 2. The largest absolute Gasteiger partial charge is 0.493 e. The fraction of sp³-hybridized carbons (Fsp3) is 0.300. The highest BCUT2D eigenvalue weighted by molar-refractivity contribution is 6.20. The summed E-state index contributed by atoms with van der Waals surface area (Å²) in [5.74, 6) is -0.414. The Morgan fingerprint density at radius 1 is 1.08 bits per heavy atom. The molecule has 0 N–H and O–H groups in total. The van der Waals surface area contributed by atoms with Crippen LogP contribution in [-0.4, -0.2) is 38.7 Å². The number of rotatable bonds is 8. The van der Waals surface area contributed by atoms with Gasteiger partial charge in [-0.05, 0) is 36.8 Å². The van der Waals surface area contributed by atoms with Crippen molar-refractivity contribution in [1.82, 2.24) is 0 Å². The monoisotopic (exact) mass is 342 g/mol.